The van der Waals surface area contributed by atoms with Gasteiger partial charge in [-0.1, -0.05) is 17.8 Å². The van der Waals surface area contributed by atoms with E-state index >= 15 is 0 Å². The van der Waals surface area contributed by atoms with Gasteiger partial charge in [0.2, 0.25) is 0 Å². The maximum Gasteiger partial charge on any atom is 0.184 e. The van der Waals surface area contributed by atoms with Gasteiger partial charge < -0.3 is 10.2 Å². The van der Waals surface area contributed by atoms with Crippen molar-refractivity contribution in [1.29, 1.82) is 0 Å². The Morgan fingerprint density at radius 1 is 1.17 bits per heavy atom. The predicted molar refractivity (Wildman–Crippen MR) is 70.1 cm³/mol. The second-order valence-corrected chi connectivity index (χ2v) is 5.58. The molecule has 1 saturated heterocycles. The summed E-state index contributed by atoms with van der Waals surface area (Å²) in [7, 11) is 0. The molecule has 0 amide bonds. The van der Waals surface area contributed by atoms with E-state index in [2.05, 4.69) is 10.2 Å². The Balaban J connectivity index is 1.97. The van der Waals surface area contributed by atoms with Gasteiger partial charge in [0.15, 0.2) is 5.16 Å². The van der Waals surface area contributed by atoms with Crippen molar-refractivity contribution >= 4 is 11.8 Å². The first kappa shape index (κ1) is 12.0. The quantitative estimate of drug-likeness (QED) is 0.787. The van der Waals surface area contributed by atoms with E-state index in [1.807, 2.05) is 0 Å². The maximum atomic E-state index is 14.2. The first-order valence-corrected chi connectivity index (χ1v) is 6.86. The standard InChI is InChI=1S/C13H14F2N2S/c14-10-2-1-9-7-11(8-10)18-13(15)12(9)17-5-3-16-4-6-17/h1-2,8,16H,3-7H2. The van der Waals surface area contributed by atoms with Crippen LogP contribution in [-0.4, -0.2) is 31.1 Å². The molecule has 3 rings (SSSR count). The fraction of sp³-hybridized carbons (Fsp3) is 0.385. The zero-order chi connectivity index (χ0) is 12.5. The van der Waals surface area contributed by atoms with E-state index in [4.69, 9.17) is 0 Å². The van der Waals surface area contributed by atoms with E-state index < -0.39 is 0 Å². The molecule has 0 aromatic carbocycles. The van der Waals surface area contributed by atoms with Crippen LogP contribution < -0.4 is 5.32 Å². The van der Waals surface area contributed by atoms with Crippen LogP contribution in [0.3, 0.4) is 0 Å². The van der Waals surface area contributed by atoms with Crippen LogP contribution in [0, 0.1) is 0 Å². The summed E-state index contributed by atoms with van der Waals surface area (Å²) in [4.78, 5) is 2.79. The van der Waals surface area contributed by atoms with Crippen molar-refractivity contribution in [2.45, 2.75) is 6.42 Å². The third-order valence-corrected chi connectivity index (χ3v) is 4.15. The SMILES string of the molecule is FC1=CC=C2CC(=C1)SC(F)=C2N1CCNCC1. The summed E-state index contributed by atoms with van der Waals surface area (Å²) in [6.07, 6.45) is 5.17. The molecule has 2 aliphatic heterocycles. The molecule has 2 heterocycles. The molecule has 0 spiro atoms. The van der Waals surface area contributed by atoms with Gasteiger partial charge in [0.25, 0.3) is 0 Å². The first-order chi connectivity index (χ1) is 8.74. The Labute approximate surface area is 109 Å². The minimum atomic E-state index is -0.304. The van der Waals surface area contributed by atoms with Crippen LogP contribution in [0.25, 0.3) is 0 Å². The van der Waals surface area contributed by atoms with Gasteiger partial charge in [0.1, 0.15) is 5.83 Å². The number of hydrogen-bond donors (Lipinski definition) is 1. The van der Waals surface area contributed by atoms with Gasteiger partial charge in [-0.2, -0.15) is 4.39 Å². The van der Waals surface area contributed by atoms with Crippen molar-refractivity contribution in [2.75, 3.05) is 26.2 Å². The number of hydrogen-bond acceptors (Lipinski definition) is 3. The highest BCUT2D eigenvalue weighted by Crippen LogP contribution is 2.44. The summed E-state index contributed by atoms with van der Waals surface area (Å²) >= 11 is 1.05. The third-order valence-electron chi connectivity index (χ3n) is 3.25. The Bertz CT molecular complexity index is 485. The zero-order valence-corrected chi connectivity index (χ0v) is 10.7. The summed E-state index contributed by atoms with van der Waals surface area (Å²) in [6, 6.07) is 0. The average molecular weight is 268 g/mol. The molecule has 5 heteroatoms. The maximum absolute atomic E-state index is 14.2. The van der Waals surface area contributed by atoms with Gasteiger partial charge in [-0.3, -0.25) is 0 Å². The lowest BCUT2D eigenvalue weighted by molar-refractivity contribution is 0.297. The van der Waals surface area contributed by atoms with Gasteiger partial charge >= 0.3 is 0 Å². The van der Waals surface area contributed by atoms with Gasteiger partial charge in [-0.05, 0) is 22.6 Å². The summed E-state index contributed by atoms with van der Waals surface area (Å²) in [5.41, 5.74) is 1.54. The molecule has 3 aliphatic rings. The van der Waals surface area contributed by atoms with Crippen LogP contribution in [-0.2, 0) is 0 Å². The van der Waals surface area contributed by atoms with Crippen LogP contribution in [0.1, 0.15) is 6.42 Å². The molecule has 1 aliphatic carbocycles. The number of piperazine rings is 1. The first-order valence-electron chi connectivity index (χ1n) is 6.04. The van der Waals surface area contributed by atoms with Crippen molar-refractivity contribution < 1.29 is 8.78 Å². The van der Waals surface area contributed by atoms with Crippen molar-refractivity contribution in [1.82, 2.24) is 10.2 Å². The lowest BCUT2D eigenvalue weighted by Gasteiger charge is -2.34. The lowest BCUT2D eigenvalue weighted by atomic mass is 10.1. The molecule has 0 aromatic rings. The summed E-state index contributed by atoms with van der Waals surface area (Å²) < 4.78 is 27.6. The normalized spacial score (nSPS) is 24.3. The van der Waals surface area contributed by atoms with E-state index in [0.717, 1.165) is 48.4 Å². The van der Waals surface area contributed by atoms with E-state index in [0.29, 0.717) is 12.1 Å². The molecule has 0 unspecified atom stereocenters. The summed E-state index contributed by atoms with van der Waals surface area (Å²) in [5, 5.41) is 3.04. The van der Waals surface area contributed by atoms with Crippen LogP contribution in [0.2, 0.25) is 0 Å². The Kier molecular flexibility index (Phi) is 3.26. The Morgan fingerprint density at radius 3 is 2.72 bits per heavy atom. The Morgan fingerprint density at radius 2 is 1.94 bits per heavy atom. The van der Waals surface area contributed by atoms with E-state index in [9.17, 15) is 8.78 Å². The van der Waals surface area contributed by atoms with Gasteiger partial charge in [-0.15, -0.1) is 0 Å². The number of halogens is 2. The minimum Gasteiger partial charge on any atom is -0.366 e. The smallest absolute Gasteiger partial charge is 0.184 e. The fourth-order valence-corrected chi connectivity index (χ4v) is 3.40. The molecular formula is C13H14F2N2S. The highest BCUT2D eigenvalue weighted by atomic mass is 32.2. The van der Waals surface area contributed by atoms with Crippen molar-refractivity contribution in [2.24, 2.45) is 0 Å². The Hall–Kier alpha value is -1.07. The second kappa shape index (κ2) is 4.90. The highest BCUT2D eigenvalue weighted by molar-refractivity contribution is 8.06. The molecule has 0 radical (unpaired) electrons. The van der Waals surface area contributed by atoms with Crippen LogP contribution >= 0.6 is 11.8 Å². The van der Waals surface area contributed by atoms with Gasteiger partial charge in [0, 0.05) is 32.6 Å². The summed E-state index contributed by atoms with van der Waals surface area (Å²) in [6.45, 7) is 3.32. The monoisotopic (exact) mass is 268 g/mol. The number of thioether (sulfide) groups is 1. The molecular weight excluding hydrogens is 254 g/mol. The number of rotatable bonds is 1. The largest absolute Gasteiger partial charge is 0.366 e. The highest BCUT2D eigenvalue weighted by Gasteiger charge is 2.27. The van der Waals surface area contributed by atoms with E-state index in [-0.39, 0.29) is 11.0 Å². The molecule has 96 valence electrons. The minimum absolute atomic E-state index is 0.205. The van der Waals surface area contributed by atoms with Crippen LogP contribution in [0.4, 0.5) is 8.78 Å². The molecule has 0 saturated carbocycles. The van der Waals surface area contributed by atoms with Gasteiger partial charge in [-0.25, -0.2) is 4.39 Å². The number of allylic oxidation sites excluding steroid dienone is 6. The van der Waals surface area contributed by atoms with Crippen molar-refractivity contribution in [3.63, 3.8) is 0 Å². The van der Waals surface area contributed by atoms with Crippen LogP contribution in [0.5, 0.6) is 0 Å². The topological polar surface area (TPSA) is 15.3 Å². The average Bonchev–Trinajstić information content (AvgIpc) is 2.50. The molecule has 1 fully saturated rings. The third kappa shape index (κ3) is 2.24. The fourth-order valence-electron chi connectivity index (χ4n) is 2.41. The predicted octanol–water partition coefficient (Wildman–Crippen LogP) is 2.84. The second-order valence-electron chi connectivity index (χ2n) is 4.49. The van der Waals surface area contributed by atoms with Crippen molar-refractivity contribution in [3.05, 3.63) is 45.4 Å². The number of fused-ring (bicyclic) bond motifs is 2. The zero-order valence-electron chi connectivity index (χ0n) is 9.88. The summed E-state index contributed by atoms with van der Waals surface area (Å²) in [5.74, 6) is -0.304. The molecule has 0 atom stereocenters. The van der Waals surface area contributed by atoms with Gasteiger partial charge in [0.05, 0.1) is 5.70 Å². The molecule has 2 bridgehead atoms. The number of nitrogens with one attached hydrogen (secondary N) is 1. The van der Waals surface area contributed by atoms with E-state index in [1.54, 1.807) is 6.08 Å². The number of nitrogens with zero attached hydrogens (tertiary/aromatic N) is 1. The molecule has 18 heavy (non-hydrogen) atoms. The molecule has 1 N–H and O–H groups in total. The lowest BCUT2D eigenvalue weighted by Crippen LogP contribution is -2.43. The van der Waals surface area contributed by atoms with Crippen LogP contribution in [0.15, 0.2) is 45.4 Å². The molecule has 2 nitrogen and oxygen atoms in total. The molecule has 0 aromatic heterocycles. The van der Waals surface area contributed by atoms with Crippen molar-refractivity contribution in [3.8, 4) is 0 Å². The van der Waals surface area contributed by atoms with E-state index in [1.165, 1.54) is 12.2 Å².